The van der Waals surface area contributed by atoms with Crippen LogP contribution in [-0.2, 0) is 6.18 Å². The van der Waals surface area contributed by atoms with Crippen molar-refractivity contribution in [1.82, 2.24) is 4.98 Å². The molecule has 170 valence electrons. The number of para-hydroxylation sites is 1. The summed E-state index contributed by atoms with van der Waals surface area (Å²) in [6.45, 7) is 0.720. The number of ether oxygens (including phenoxy) is 1. The first kappa shape index (κ1) is 22.9. The van der Waals surface area contributed by atoms with Gasteiger partial charge in [0, 0.05) is 17.6 Å². The Morgan fingerprint density at radius 2 is 1.88 bits per heavy atom. The molecule has 4 nitrogen and oxygen atoms in total. The fraction of sp³-hybridized carbons (Fsp3) is 0.240. The van der Waals surface area contributed by atoms with E-state index in [9.17, 15) is 13.2 Å². The number of methoxy groups -OCH3 is 1. The van der Waals surface area contributed by atoms with Crippen molar-refractivity contribution < 1.29 is 23.0 Å². The van der Waals surface area contributed by atoms with Crippen molar-refractivity contribution >= 4 is 17.6 Å². The van der Waals surface area contributed by atoms with E-state index in [0.29, 0.717) is 27.6 Å². The fourth-order valence-corrected chi connectivity index (χ4v) is 4.92. The number of aliphatic hydroxyl groups excluding tert-OH is 1. The van der Waals surface area contributed by atoms with Crippen LogP contribution in [-0.4, -0.2) is 29.8 Å². The summed E-state index contributed by atoms with van der Waals surface area (Å²) in [6.07, 6.45) is 0.717. The summed E-state index contributed by atoms with van der Waals surface area (Å²) in [6, 6.07) is 14.6. The zero-order valence-corrected chi connectivity index (χ0v) is 18.6. The molecular formula is C25H21F3N2O2S. The molecule has 0 bridgehead atoms. The highest BCUT2D eigenvalue weighted by Crippen LogP contribution is 2.43. The molecule has 1 saturated heterocycles. The normalized spacial score (nSPS) is 15.8. The van der Waals surface area contributed by atoms with Crippen LogP contribution in [0.3, 0.4) is 0 Å². The van der Waals surface area contributed by atoms with Gasteiger partial charge in [0.15, 0.2) is 0 Å². The van der Waals surface area contributed by atoms with Gasteiger partial charge in [-0.1, -0.05) is 30.0 Å². The number of halogens is 3. The Kier molecular flexibility index (Phi) is 6.70. The van der Waals surface area contributed by atoms with Gasteiger partial charge in [-0.15, -0.1) is 0 Å². The molecule has 2 heterocycles. The zero-order chi connectivity index (χ0) is 23.4. The zero-order valence-electron chi connectivity index (χ0n) is 17.8. The minimum absolute atomic E-state index is 0.0999. The van der Waals surface area contributed by atoms with E-state index in [0.717, 1.165) is 31.1 Å². The number of rotatable bonds is 5. The molecule has 0 spiro atoms. The van der Waals surface area contributed by atoms with Crippen molar-refractivity contribution in [2.75, 3.05) is 18.6 Å². The van der Waals surface area contributed by atoms with Crippen molar-refractivity contribution in [3.8, 4) is 28.9 Å². The monoisotopic (exact) mass is 470 g/mol. The lowest BCUT2D eigenvalue weighted by molar-refractivity contribution is -0.139. The Labute approximate surface area is 194 Å². The van der Waals surface area contributed by atoms with E-state index in [1.165, 1.54) is 19.2 Å². The third-order valence-electron chi connectivity index (χ3n) is 5.43. The summed E-state index contributed by atoms with van der Waals surface area (Å²) in [7, 11) is 1.49. The van der Waals surface area contributed by atoms with Crippen LogP contribution in [0.1, 0.15) is 18.4 Å². The van der Waals surface area contributed by atoms with Crippen molar-refractivity contribution in [2.24, 2.45) is 0 Å². The summed E-state index contributed by atoms with van der Waals surface area (Å²) < 4.78 is 47.2. The van der Waals surface area contributed by atoms with E-state index in [1.807, 2.05) is 11.0 Å². The number of hydrogen-bond donors (Lipinski definition) is 1. The van der Waals surface area contributed by atoms with Gasteiger partial charge in [-0.05, 0) is 66.3 Å². The number of aromatic nitrogens is 1. The quantitative estimate of drug-likeness (QED) is 0.448. The minimum Gasteiger partial charge on any atom is -0.496 e. The molecule has 1 fully saturated rings. The Hall–Kier alpha value is -3.31. The van der Waals surface area contributed by atoms with E-state index in [4.69, 9.17) is 9.84 Å². The fourth-order valence-electron chi connectivity index (χ4n) is 3.86. The molecule has 0 saturated carbocycles. The average Bonchev–Trinajstić information content (AvgIpc) is 3.28. The van der Waals surface area contributed by atoms with E-state index < -0.39 is 11.7 Å². The number of pyridine rings is 1. The molecule has 3 aromatic rings. The SMILES string of the molecule is COc1ccccc1Sc1ccc(-c2ccnc(N3CCCC3C#CO)c2)cc1C(F)(F)F. The third-order valence-corrected chi connectivity index (χ3v) is 6.56. The Balaban J connectivity index is 1.70. The van der Waals surface area contributed by atoms with Gasteiger partial charge >= 0.3 is 6.18 Å². The molecule has 1 aromatic heterocycles. The van der Waals surface area contributed by atoms with Gasteiger partial charge in [0.05, 0.1) is 23.6 Å². The van der Waals surface area contributed by atoms with Crippen LogP contribution >= 0.6 is 11.8 Å². The maximum atomic E-state index is 14.0. The summed E-state index contributed by atoms with van der Waals surface area (Å²) in [5, 5.41) is 8.97. The van der Waals surface area contributed by atoms with Gasteiger partial charge in [0.1, 0.15) is 17.7 Å². The predicted molar refractivity (Wildman–Crippen MR) is 122 cm³/mol. The molecule has 1 unspecified atom stereocenters. The highest BCUT2D eigenvalue weighted by atomic mass is 32.2. The molecule has 1 aliphatic rings. The summed E-state index contributed by atoms with van der Waals surface area (Å²) in [5.41, 5.74) is 0.362. The molecule has 8 heteroatoms. The molecule has 4 rings (SSSR count). The number of anilines is 1. The topological polar surface area (TPSA) is 45.6 Å². The molecule has 1 aliphatic heterocycles. The molecule has 1 atom stereocenters. The first-order chi connectivity index (χ1) is 15.9. The minimum atomic E-state index is -4.52. The van der Waals surface area contributed by atoms with Crippen molar-refractivity contribution in [2.45, 2.75) is 34.9 Å². The highest BCUT2D eigenvalue weighted by Gasteiger charge is 2.34. The molecule has 0 amide bonds. The third kappa shape index (κ3) is 5.04. The Bertz CT molecular complexity index is 1200. The molecule has 33 heavy (non-hydrogen) atoms. The standard InChI is InChI=1S/C25H21F3N2O2S/c1-32-21-6-2-3-7-23(21)33-22-9-8-17(15-20(22)25(26,27)28)18-10-12-29-24(16-18)30-13-4-5-19(30)11-14-31/h2-3,6-10,12,15-16,19,31H,4-5,13H2,1H3. The molecule has 0 aliphatic carbocycles. The van der Waals surface area contributed by atoms with Crippen LogP contribution in [0.5, 0.6) is 5.75 Å². The van der Waals surface area contributed by atoms with Crippen LogP contribution < -0.4 is 9.64 Å². The Morgan fingerprint density at radius 1 is 1.09 bits per heavy atom. The Morgan fingerprint density at radius 3 is 2.64 bits per heavy atom. The van der Waals surface area contributed by atoms with Crippen molar-refractivity contribution in [3.05, 3.63) is 66.4 Å². The number of alkyl halides is 3. The van der Waals surface area contributed by atoms with Crippen LogP contribution in [0.25, 0.3) is 11.1 Å². The molecule has 2 aromatic carbocycles. The molecule has 0 radical (unpaired) electrons. The van der Waals surface area contributed by atoms with Gasteiger partial charge in [0.25, 0.3) is 0 Å². The van der Waals surface area contributed by atoms with E-state index in [2.05, 4.69) is 10.9 Å². The van der Waals surface area contributed by atoms with Crippen molar-refractivity contribution in [1.29, 1.82) is 0 Å². The second-order valence-corrected chi connectivity index (χ2v) is 8.56. The van der Waals surface area contributed by atoms with Gasteiger partial charge in [0.2, 0.25) is 0 Å². The average molecular weight is 471 g/mol. The van der Waals surface area contributed by atoms with Crippen LogP contribution in [0.15, 0.2) is 70.6 Å². The maximum absolute atomic E-state index is 14.0. The maximum Gasteiger partial charge on any atom is 0.417 e. The first-order valence-electron chi connectivity index (χ1n) is 10.3. The van der Waals surface area contributed by atoms with Gasteiger partial charge in [-0.25, -0.2) is 4.98 Å². The van der Waals surface area contributed by atoms with E-state index in [1.54, 1.807) is 48.7 Å². The number of benzene rings is 2. The second-order valence-electron chi connectivity index (χ2n) is 7.47. The number of hydrogen-bond acceptors (Lipinski definition) is 5. The van der Waals surface area contributed by atoms with Gasteiger partial charge in [-0.3, -0.25) is 0 Å². The summed E-state index contributed by atoms with van der Waals surface area (Å²) in [4.78, 5) is 7.05. The first-order valence-corrected chi connectivity index (χ1v) is 11.1. The summed E-state index contributed by atoms with van der Waals surface area (Å²) >= 11 is 1.02. The van der Waals surface area contributed by atoms with Crippen LogP contribution in [0.2, 0.25) is 0 Å². The molecular weight excluding hydrogens is 449 g/mol. The van der Waals surface area contributed by atoms with E-state index >= 15 is 0 Å². The van der Waals surface area contributed by atoms with Gasteiger partial charge in [-0.2, -0.15) is 13.2 Å². The second kappa shape index (κ2) is 9.67. The largest absolute Gasteiger partial charge is 0.496 e. The number of nitrogens with zero attached hydrogens (tertiary/aromatic N) is 2. The lowest BCUT2D eigenvalue weighted by Gasteiger charge is -2.22. The summed E-state index contributed by atoms with van der Waals surface area (Å²) in [5.74, 6) is 3.89. The highest BCUT2D eigenvalue weighted by molar-refractivity contribution is 7.99. The number of aliphatic hydroxyl groups is 1. The van der Waals surface area contributed by atoms with Gasteiger partial charge < -0.3 is 14.7 Å². The van der Waals surface area contributed by atoms with E-state index in [-0.39, 0.29) is 10.9 Å². The van der Waals surface area contributed by atoms with Crippen LogP contribution in [0, 0.1) is 12.0 Å². The smallest absolute Gasteiger partial charge is 0.417 e. The lowest BCUT2D eigenvalue weighted by atomic mass is 10.0. The predicted octanol–water partition coefficient (Wildman–Crippen LogP) is 6.23. The van der Waals surface area contributed by atoms with Crippen LogP contribution in [0.4, 0.5) is 19.0 Å². The molecule has 1 N–H and O–H groups in total. The van der Waals surface area contributed by atoms with Crippen molar-refractivity contribution in [3.63, 3.8) is 0 Å². The lowest BCUT2D eigenvalue weighted by Crippen LogP contribution is -2.28.